The van der Waals surface area contributed by atoms with Crippen LogP contribution in [-0.2, 0) is 0 Å². The van der Waals surface area contributed by atoms with Gasteiger partial charge in [-0.3, -0.25) is 4.98 Å². The number of hydrogen-bond acceptors (Lipinski definition) is 4. The van der Waals surface area contributed by atoms with Gasteiger partial charge in [-0.25, -0.2) is 4.52 Å². The first-order valence-electron chi connectivity index (χ1n) is 9.30. The third-order valence-electron chi connectivity index (χ3n) is 5.95. The predicted octanol–water partition coefficient (Wildman–Crippen LogP) is 2.98. The van der Waals surface area contributed by atoms with Crippen LogP contribution in [0.3, 0.4) is 0 Å². The van der Waals surface area contributed by atoms with Crippen molar-refractivity contribution in [2.24, 2.45) is 5.41 Å². The van der Waals surface area contributed by atoms with Crippen molar-refractivity contribution in [3.8, 4) is 0 Å². The molecule has 0 aromatic carbocycles. The zero-order valence-corrected chi connectivity index (χ0v) is 15.6. The topological polar surface area (TPSA) is 45.5 Å². The highest BCUT2D eigenvalue weighted by molar-refractivity contribution is 5.84. The van der Waals surface area contributed by atoms with Crippen LogP contribution < -0.4 is 5.32 Å². The highest BCUT2D eigenvalue weighted by atomic mass is 15.3. The Bertz CT molecular complexity index is 1070. The monoisotopic (exact) mass is 357 g/mol. The average molecular weight is 357 g/mol. The maximum Gasteiger partial charge on any atom is 0.0760 e. The van der Waals surface area contributed by atoms with Crippen LogP contribution >= 0.6 is 0 Å². The summed E-state index contributed by atoms with van der Waals surface area (Å²) in [6.45, 7) is 15.1. The molecule has 3 aromatic rings. The Hall–Kier alpha value is -2.92. The number of nitrogens with zero attached hydrogens (tertiary/aromatic N) is 4. The molecule has 2 fully saturated rings. The van der Waals surface area contributed by atoms with Crippen LogP contribution in [0.15, 0.2) is 56.0 Å². The number of nitrogens with one attached hydrogen (secondary N) is 1. The maximum atomic E-state index is 4.52. The maximum absolute atomic E-state index is 4.52. The molecule has 1 spiro atoms. The van der Waals surface area contributed by atoms with Gasteiger partial charge in [-0.1, -0.05) is 19.2 Å². The molecule has 5 heterocycles. The second kappa shape index (κ2) is 5.79. The lowest BCUT2D eigenvalue weighted by Crippen LogP contribution is -2.70. The molecule has 5 heteroatoms. The Kier molecular flexibility index (Phi) is 3.49. The Morgan fingerprint density at radius 1 is 1.19 bits per heavy atom. The van der Waals surface area contributed by atoms with E-state index >= 15 is 0 Å². The second-order valence-electron chi connectivity index (χ2n) is 7.82. The summed E-state index contributed by atoms with van der Waals surface area (Å²) in [6.07, 6.45) is 5.72. The largest absolute Gasteiger partial charge is 0.370 e. The minimum atomic E-state index is 0.475. The van der Waals surface area contributed by atoms with Gasteiger partial charge in [0.2, 0.25) is 0 Å². The van der Waals surface area contributed by atoms with Crippen molar-refractivity contribution in [2.45, 2.75) is 6.92 Å². The minimum absolute atomic E-state index is 0.475. The number of fused-ring (bicyclic) bond motifs is 1. The lowest BCUT2D eigenvalue weighted by atomic mass is 9.74. The first kappa shape index (κ1) is 16.3. The van der Waals surface area contributed by atoms with Gasteiger partial charge in [0, 0.05) is 66.5 Å². The van der Waals surface area contributed by atoms with Crippen molar-refractivity contribution in [2.75, 3.05) is 26.2 Å². The molecule has 3 aromatic heterocycles. The summed E-state index contributed by atoms with van der Waals surface area (Å²) < 4.78 is 1.91. The summed E-state index contributed by atoms with van der Waals surface area (Å²) in [4.78, 5) is 6.75. The van der Waals surface area contributed by atoms with Crippen molar-refractivity contribution >= 4 is 16.8 Å². The van der Waals surface area contributed by atoms with Crippen LogP contribution in [0.1, 0.15) is 22.4 Å². The average Bonchev–Trinajstić information content (AvgIpc) is 3.02. The highest BCUT2D eigenvalue weighted by Gasteiger charge is 2.48. The zero-order chi connectivity index (χ0) is 18.6. The number of hydrogen-bond donors (Lipinski definition) is 1. The van der Waals surface area contributed by atoms with Crippen molar-refractivity contribution in [1.29, 1.82) is 0 Å². The Morgan fingerprint density at radius 2 is 2.00 bits per heavy atom. The summed E-state index contributed by atoms with van der Waals surface area (Å²) in [5, 5.41) is 7.90. The Balaban J connectivity index is 1.47. The van der Waals surface area contributed by atoms with E-state index in [2.05, 4.69) is 51.7 Å². The van der Waals surface area contributed by atoms with Gasteiger partial charge >= 0.3 is 0 Å². The van der Waals surface area contributed by atoms with E-state index in [1.165, 1.54) is 0 Å². The quantitative estimate of drug-likeness (QED) is 0.780. The lowest BCUT2D eigenvalue weighted by Gasteiger charge is -2.57. The van der Waals surface area contributed by atoms with Gasteiger partial charge in [0.15, 0.2) is 0 Å². The molecule has 5 nitrogen and oxygen atoms in total. The molecule has 2 aliphatic rings. The third kappa shape index (κ3) is 2.50. The lowest BCUT2D eigenvalue weighted by molar-refractivity contribution is 0.000321. The van der Waals surface area contributed by atoms with E-state index in [0.717, 1.165) is 65.4 Å². The van der Waals surface area contributed by atoms with Crippen molar-refractivity contribution < 1.29 is 0 Å². The van der Waals surface area contributed by atoms with E-state index in [4.69, 9.17) is 0 Å². The van der Waals surface area contributed by atoms with E-state index in [1.54, 1.807) is 0 Å². The standard InChI is InChI=1S/C22H23N5/c1-15(19-5-4-7-24-16(19)2)18-6-8-27-21(9-18)20(10-25-27)17(3)26-13-22(14-26)11-23-12-22/h4-10,23H,1,3,11-14H2,2H3. The van der Waals surface area contributed by atoms with E-state index in [0.29, 0.717) is 5.41 Å². The molecule has 0 radical (unpaired) electrons. The van der Waals surface area contributed by atoms with Gasteiger partial charge in [0.25, 0.3) is 0 Å². The summed E-state index contributed by atoms with van der Waals surface area (Å²) in [6, 6.07) is 8.23. The number of rotatable bonds is 4. The fourth-order valence-electron chi connectivity index (χ4n) is 4.18. The molecule has 0 bridgehead atoms. The first-order valence-corrected chi connectivity index (χ1v) is 9.30. The molecule has 0 unspecified atom stereocenters. The van der Waals surface area contributed by atoms with E-state index < -0.39 is 0 Å². The Morgan fingerprint density at radius 3 is 2.70 bits per heavy atom. The number of pyridine rings is 2. The highest BCUT2D eigenvalue weighted by Crippen LogP contribution is 2.39. The zero-order valence-electron chi connectivity index (χ0n) is 15.6. The van der Waals surface area contributed by atoms with Crippen LogP contribution in [0.5, 0.6) is 0 Å². The van der Waals surface area contributed by atoms with Gasteiger partial charge in [-0.2, -0.15) is 5.10 Å². The van der Waals surface area contributed by atoms with Crippen LogP contribution in [0.4, 0.5) is 0 Å². The predicted molar refractivity (Wildman–Crippen MR) is 108 cm³/mol. The molecular formula is C22H23N5. The summed E-state index contributed by atoms with van der Waals surface area (Å²) in [7, 11) is 0. The van der Waals surface area contributed by atoms with Crippen molar-refractivity contribution in [3.05, 3.63) is 78.4 Å². The SMILES string of the molecule is C=C(c1ccn2ncc(C(=C)N3CC4(CNC4)C3)c2c1)c1cccnc1C. The van der Waals surface area contributed by atoms with Crippen LogP contribution in [-0.4, -0.2) is 45.7 Å². The molecule has 27 heavy (non-hydrogen) atoms. The van der Waals surface area contributed by atoms with Crippen molar-refractivity contribution in [3.63, 3.8) is 0 Å². The first-order chi connectivity index (χ1) is 13.1. The van der Waals surface area contributed by atoms with Gasteiger partial charge in [0.1, 0.15) is 0 Å². The third-order valence-corrected chi connectivity index (χ3v) is 5.95. The van der Waals surface area contributed by atoms with Crippen LogP contribution in [0.2, 0.25) is 0 Å². The fourth-order valence-corrected chi connectivity index (χ4v) is 4.18. The number of aryl methyl sites for hydroxylation is 1. The summed E-state index contributed by atoms with van der Waals surface area (Å²) >= 11 is 0. The van der Waals surface area contributed by atoms with Gasteiger partial charge in [-0.05, 0) is 36.3 Å². The molecule has 0 amide bonds. The smallest absolute Gasteiger partial charge is 0.0760 e. The molecule has 5 rings (SSSR count). The van der Waals surface area contributed by atoms with Gasteiger partial charge in [-0.15, -0.1) is 0 Å². The normalized spacial score (nSPS) is 17.6. The number of likely N-dealkylation sites (tertiary alicyclic amines) is 1. The second-order valence-corrected chi connectivity index (χ2v) is 7.82. The van der Waals surface area contributed by atoms with Crippen molar-refractivity contribution in [1.82, 2.24) is 24.8 Å². The van der Waals surface area contributed by atoms with Crippen LogP contribution in [0, 0.1) is 12.3 Å². The minimum Gasteiger partial charge on any atom is -0.370 e. The molecule has 0 aliphatic carbocycles. The number of aromatic nitrogens is 3. The molecule has 0 saturated carbocycles. The molecule has 2 saturated heterocycles. The summed E-state index contributed by atoms with van der Waals surface area (Å²) in [5.74, 6) is 0. The molecule has 1 N–H and O–H groups in total. The Labute approximate surface area is 159 Å². The van der Waals surface area contributed by atoms with E-state index in [1.807, 2.05) is 36.1 Å². The summed E-state index contributed by atoms with van der Waals surface area (Å²) in [5.41, 5.74) is 7.80. The van der Waals surface area contributed by atoms with Crippen LogP contribution in [0.25, 0.3) is 16.8 Å². The fraction of sp³-hybridized carbons (Fsp3) is 0.273. The molecular weight excluding hydrogens is 334 g/mol. The van der Waals surface area contributed by atoms with E-state index in [9.17, 15) is 0 Å². The molecule has 0 atom stereocenters. The molecule has 136 valence electrons. The van der Waals surface area contributed by atoms with E-state index in [-0.39, 0.29) is 0 Å². The van der Waals surface area contributed by atoms with Gasteiger partial charge < -0.3 is 10.2 Å². The molecule has 2 aliphatic heterocycles. The van der Waals surface area contributed by atoms with Gasteiger partial charge in [0.05, 0.1) is 11.7 Å².